The molecule has 3 N–H and O–H groups in total. The quantitative estimate of drug-likeness (QED) is 0.892. The molecule has 2 aliphatic rings. The molecule has 2 aromatic rings. The normalized spacial score (nSPS) is 19.7. The lowest BCUT2D eigenvalue weighted by atomic mass is 10.0. The Hall–Kier alpha value is -1.26. The van der Waals surface area contributed by atoms with Gasteiger partial charge >= 0.3 is 0 Å². The molecule has 0 aliphatic heterocycles. The Balaban J connectivity index is 1.55. The number of thiophene rings is 1. The predicted molar refractivity (Wildman–Crippen MR) is 88.0 cm³/mol. The summed E-state index contributed by atoms with van der Waals surface area (Å²) in [6, 6.07) is 5.57. The topological polar surface area (TPSA) is 55.1 Å². The van der Waals surface area contributed by atoms with E-state index in [0.29, 0.717) is 21.0 Å². The molecule has 21 heavy (non-hydrogen) atoms. The van der Waals surface area contributed by atoms with E-state index in [2.05, 4.69) is 5.32 Å². The van der Waals surface area contributed by atoms with E-state index < -0.39 is 0 Å². The molecular weight excluding hydrogens is 304 g/mol. The third-order valence-electron chi connectivity index (χ3n) is 4.83. The van der Waals surface area contributed by atoms with Crippen molar-refractivity contribution in [1.29, 1.82) is 0 Å². The third-order valence-corrected chi connectivity index (χ3v) is 6.25. The van der Waals surface area contributed by atoms with Crippen LogP contribution in [0, 0.1) is 11.3 Å². The molecule has 1 aromatic heterocycles. The van der Waals surface area contributed by atoms with Gasteiger partial charge in [-0.2, -0.15) is 0 Å². The van der Waals surface area contributed by atoms with E-state index in [1.165, 1.54) is 37.0 Å². The minimum Gasteiger partial charge on any atom is -0.397 e. The highest BCUT2D eigenvalue weighted by Crippen LogP contribution is 2.60. The lowest BCUT2D eigenvalue weighted by Gasteiger charge is -2.14. The van der Waals surface area contributed by atoms with Gasteiger partial charge in [0.1, 0.15) is 4.88 Å². The number of hydrogen-bond acceptors (Lipinski definition) is 3. The van der Waals surface area contributed by atoms with Crippen LogP contribution in [0.15, 0.2) is 18.2 Å². The maximum Gasteiger partial charge on any atom is 0.263 e. The minimum atomic E-state index is -0.0447. The Kier molecular flexibility index (Phi) is 2.95. The number of rotatable bonds is 4. The summed E-state index contributed by atoms with van der Waals surface area (Å²) < 4.78 is 1.00. The molecule has 1 amide bonds. The van der Waals surface area contributed by atoms with Crippen molar-refractivity contribution in [2.24, 2.45) is 11.3 Å². The molecule has 0 atom stereocenters. The first-order chi connectivity index (χ1) is 10.1. The summed E-state index contributed by atoms with van der Waals surface area (Å²) in [7, 11) is 0. The van der Waals surface area contributed by atoms with E-state index in [4.69, 9.17) is 17.3 Å². The van der Waals surface area contributed by atoms with Crippen molar-refractivity contribution < 1.29 is 4.79 Å². The van der Waals surface area contributed by atoms with Crippen molar-refractivity contribution in [3.63, 3.8) is 0 Å². The zero-order valence-corrected chi connectivity index (χ0v) is 13.2. The molecule has 0 radical (unpaired) electrons. The number of carbonyl (C=O) groups excluding carboxylic acids is 1. The standard InChI is InChI=1S/C16H17ClN2OS/c17-10-3-4-12-11(7-10)13(18)14(21-12)15(20)19-8-16(5-6-16)9-1-2-9/h3-4,7,9H,1-2,5-6,8,18H2,(H,19,20). The monoisotopic (exact) mass is 320 g/mol. The highest BCUT2D eigenvalue weighted by molar-refractivity contribution is 7.21. The Labute approximate surface area is 132 Å². The summed E-state index contributed by atoms with van der Waals surface area (Å²) in [6.07, 6.45) is 5.18. The number of hydrogen-bond donors (Lipinski definition) is 2. The van der Waals surface area contributed by atoms with Crippen LogP contribution >= 0.6 is 22.9 Å². The van der Waals surface area contributed by atoms with Crippen molar-refractivity contribution in [2.45, 2.75) is 25.7 Å². The number of amides is 1. The number of halogens is 1. The first kappa shape index (κ1) is 13.4. The van der Waals surface area contributed by atoms with Gasteiger partial charge in [-0.3, -0.25) is 4.79 Å². The fourth-order valence-electron chi connectivity index (χ4n) is 3.18. The van der Waals surface area contributed by atoms with Crippen molar-refractivity contribution >= 4 is 44.6 Å². The first-order valence-corrected chi connectivity index (χ1v) is 8.54. The zero-order valence-electron chi connectivity index (χ0n) is 11.6. The van der Waals surface area contributed by atoms with Crippen LogP contribution in [-0.2, 0) is 0 Å². The van der Waals surface area contributed by atoms with E-state index in [0.717, 1.165) is 22.5 Å². The fraction of sp³-hybridized carbons (Fsp3) is 0.438. The van der Waals surface area contributed by atoms with Gasteiger partial charge in [0.2, 0.25) is 0 Å². The second kappa shape index (κ2) is 4.62. The molecule has 2 aliphatic carbocycles. The maximum absolute atomic E-state index is 12.4. The second-order valence-electron chi connectivity index (χ2n) is 6.30. The van der Waals surface area contributed by atoms with Crippen LogP contribution in [0.4, 0.5) is 5.69 Å². The third kappa shape index (κ3) is 2.30. The molecule has 3 nitrogen and oxygen atoms in total. The van der Waals surface area contributed by atoms with Gasteiger partial charge in [-0.25, -0.2) is 0 Å². The lowest BCUT2D eigenvalue weighted by Crippen LogP contribution is -2.31. The molecule has 0 spiro atoms. The molecule has 0 saturated heterocycles. The van der Waals surface area contributed by atoms with Gasteiger partial charge in [0.05, 0.1) is 5.69 Å². The smallest absolute Gasteiger partial charge is 0.263 e. The van der Waals surface area contributed by atoms with Crippen molar-refractivity contribution in [3.8, 4) is 0 Å². The molecule has 1 aromatic carbocycles. The highest BCUT2D eigenvalue weighted by atomic mass is 35.5. The minimum absolute atomic E-state index is 0.0447. The van der Waals surface area contributed by atoms with Crippen LogP contribution in [-0.4, -0.2) is 12.5 Å². The number of anilines is 1. The van der Waals surface area contributed by atoms with Gasteiger partial charge in [-0.05, 0) is 55.2 Å². The summed E-state index contributed by atoms with van der Waals surface area (Å²) in [4.78, 5) is 13.0. The summed E-state index contributed by atoms with van der Waals surface area (Å²) in [5, 5.41) is 4.62. The fourth-order valence-corrected chi connectivity index (χ4v) is 4.37. The number of nitrogens with one attached hydrogen (secondary N) is 1. The molecule has 4 rings (SSSR count). The Bertz CT molecular complexity index is 731. The van der Waals surface area contributed by atoms with Crippen LogP contribution in [0.25, 0.3) is 10.1 Å². The molecule has 1 heterocycles. The van der Waals surface area contributed by atoms with Crippen molar-refractivity contribution in [1.82, 2.24) is 5.32 Å². The van der Waals surface area contributed by atoms with E-state index >= 15 is 0 Å². The van der Waals surface area contributed by atoms with Gasteiger partial charge in [0.15, 0.2) is 0 Å². The Morgan fingerprint density at radius 3 is 2.86 bits per heavy atom. The first-order valence-electron chi connectivity index (χ1n) is 7.35. The molecule has 0 bridgehead atoms. The van der Waals surface area contributed by atoms with E-state index in [1.807, 2.05) is 18.2 Å². The van der Waals surface area contributed by atoms with E-state index in [-0.39, 0.29) is 5.91 Å². The SMILES string of the molecule is Nc1c(C(=O)NCC2(C3CC3)CC2)sc2ccc(Cl)cc12. The molecule has 5 heteroatoms. The Morgan fingerprint density at radius 2 is 2.19 bits per heavy atom. The van der Waals surface area contributed by atoms with Crippen molar-refractivity contribution in [3.05, 3.63) is 28.1 Å². The van der Waals surface area contributed by atoms with Gasteiger partial charge in [-0.15, -0.1) is 11.3 Å². The maximum atomic E-state index is 12.4. The van der Waals surface area contributed by atoms with Crippen LogP contribution in [0.1, 0.15) is 35.4 Å². The number of nitrogens with two attached hydrogens (primary N) is 1. The number of benzene rings is 1. The van der Waals surface area contributed by atoms with Gasteiger partial charge in [0, 0.05) is 21.7 Å². The van der Waals surface area contributed by atoms with Gasteiger partial charge in [0.25, 0.3) is 5.91 Å². The predicted octanol–water partition coefficient (Wildman–Crippen LogP) is 4.06. The summed E-state index contributed by atoms with van der Waals surface area (Å²) in [5.41, 5.74) is 7.08. The Morgan fingerprint density at radius 1 is 1.43 bits per heavy atom. The number of carbonyl (C=O) groups is 1. The molecular formula is C16H17ClN2OS. The second-order valence-corrected chi connectivity index (χ2v) is 7.79. The van der Waals surface area contributed by atoms with Gasteiger partial charge < -0.3 is 11.1 Å². The summed E-state index contributed by atoms with van der Waals surface area (Å²) >= 11 is 7.44. The van der Waals surface area contributed by atoms with Crippen LogP contribution in [0.5, 0.6) is 0 Å². The molecule has 2 fully saturated rings. The van der Waals surface area contributed by atoms with Crippen LogP contribution in [0.2, 0.25) is 5.02 Å². The average Bonchev–Trinajstić information content (AvgIpc) is 3.35. The largest absolute Gasteiger partial charge is 0.397 e. The highest BCUT2D eigenvalue weighted by Gasteiger charge is 2.53. The average molecular weight is 321 g/mol. The molecule has 110 valence electrons. The van der Waals surface area contributed by atoms with E-state index in [1.54, 1.807) is 0 Å². The molecule has 2 saturated carbocycles. The number of fused-ring (bicyclic) bond motifs is 1. The molecule has 0 unspecified atom stereocenters. The summed E-state index contributed by atoms with van der Waals surface area (Å²) in [6.45, 7) is 0.797. The van der Waals surface area contributed by atoms with Crippen LogP contribution in [0.3, 0.4) is 0 Å². The van der Waals surface area contributed by atoms with Crippen molar-refractivity contribution in [2.75, 3.05) is 12.3 Å². The van der Waals surface area contributed by atoms with Crippen LogP contribution < -0.4 is 11.1 Å². The van der Waals surface area contributed by atoms with E-state index in [9.17, 15) is 4.79 Å². The number of nitrogen functional groups attached to an aromatic ring is 1. The van der Waals surface area contributed by atoms with Gasteiger partial charge in [-0.1, -0.05) is 11.6 Å². The lowest BCUT2D eigenvalue weighted by molar-refractivity contribution is 0.0947. The summed E-state index contributed by atoms with van der Waals surface area (Å²) in [5.74, 6) is 0.799. The zero-order chi connectivity index (χ0) is 14.6.